The molecular weight excluding hydrogens is 194 g/mol. The predicted octanol–water partition coefficient (Wildman–Crippen LogP) is 0.542. The van der Waals surface area contributed by atoms with E-state index in [9.17, 15) is 14.7 Å². The number of likely N-dealkylation sites (tertiary alicyclic amines) is 1. The van der Waals surface area contributed by atoms with Crippen LogP contribution in [0.4, 0.5) is 0 Å². The maximum Gasteiger partial charge on any atom is 0.232 e. The van der Waals surface area contributed by atoms with E-state index < -0.39 is 5.60 Å². The van der Waals surface area contributed by atoms with Gasteiger partial charge >= 0.3 is 0 Å². The monoisotopic (exact) mass is 211 g/mol. The van der Waals surface area contributed by atoms with E-state index in [0.29, 0.717) is 0 Å². The molecule has 1 aliphatic carbocycles. The average Bonchev–Trinajstić information content (AvgIpc) is 2.54. The highest BCUT2D eigenvalue weighted by molar-refractivity contribution is 6.00. The van der Waals surface area contributed by atoms with Crippen molar-refractivity contribution in [2.75, 3.05) is 6.54 Å². The van der Waals surface area contributed by atoms with Crippen molar-refractivity contribution in [3.05, 3.63) is 0 Å². The predicted molar refractivity (Wildman–Crippen MR) is 53.8 cm³/mol. The first-order chi connectivity index (χ1) is 6.88. The van der Waals surface area contributed by atoms with Crippen LogP contribution < -0.4 is 0 Å². The third kappa shape index (κ3) is 1.91. The molecule has 15 heavy (non-hydrogen) atoms. The van der Waals surface area contributed by atoms with Crippen LogP contribution in [0.15, 0.2) is 0 Å². The molecule has 1 N–H and O–H groups in total. The highest BCUT2D eigenvalue weighted by atomic mass is 16.3. The Hall–Kier alpha value is -0.900. The summed E-state index contributed by atoms with van der Waals surface area (Å²) in [5, 5.41) is 9.65. The third-order valence-electron chi connectivity index (χ3n) is 3.21. The molecule has 0 aromatic heterocycles. The summed E-state index contributed by atoms with van der Waals surface area (Å²) >= 11 is 0. The lowest BCUT2D eigenvalue weighted by Crippen LogP contribution is -2.51. The van der Waals surface area contributed by atoms with Gasteiger partial charge in [-0.1, -0.05) is 0 Å². The van der Waals surface area contributed by atoms with Crippen LogP contribution in [0, 0.1) is 11.8 Å². The molecule has 2 amide bonds. The van der Waals surface area contributed by atoms with Gasteiger partial charge in [0.2, 0.25) is 11.8 Å². The first-order valence-corrected chi connectivity index (χ1v) is 5.46. The summed E-state index contributed by atoms with van der Waals surface area (Å²) in [5.74, 6) is -0.128. The molecule has 2 aliphatic rings. The van der Waals surface area contributed by atoms with Gasteiger partial charge in [-0.05, 0) is 33.1 Å². The van der Waals surface area contributed by atoms with E-state index in [-0.39, 0.29) is 30.2 Å². The van der Waals surface area contributed by atoms with Crippen LogP contribution in [-0.4, -0.2) is 34.0 Å². The summed E-state index contributed by atoms with van der Waals surface area (Å²) < 4.78 is 0. The second-order valence-corrected chi connectivity index (χ2v) is 5.28. The Labute approximate surface area is 89.3 Å². The van der Waals surface area contributed by atoms with Crippen LogP contribution in [0.1, 0.15) is 33.1 Å². The molecule has 2 bridgehead atoms. The van der Waals surface area contributed by atoms with Crippen molar-refractivity contribution < 1.29 is 14.7 Å². The number of hydrogen-bond acceptors (Lipinski definition) is 3. The Morgan fingerprint density at radius 2 is 1.73 bits per heavy atom. The van der Waals surface area contributed by atoms with Crippen LogP contribution >= 0.6 is 0 Å². The maximum absolute atomic E-state index is 11.9. The normalized spacial score (nSPS) is 31.3. The second kappa shape index (κ2) is 3.30. The highest BCUT2D eigenvalue weighted by Gasteiger charge is 2.46. The average molecular weight is 211 g/mol. The topological polar surface area (TPSA) is 57.6 Å². The second-order valence-electron chi connectivity index (χ2n) is 5.28. The molecule has 84 valence electrons. The summed E-state index contributed by atoms with van der Waals surface area (Å²) in [6.45, 7) is 3.35. The number of aliphatic hydroxyl groups is 1. The first kappa shape index (κ1) is 10.6. The number of nitrogens with zero attached hydrogens (tertiary/aromatic N) is 1. The number of fused-ring (bicyclic) bond motifs is 2. The molecule has 1 saturated heterocycles. The van der Waals surface area contributed by atoms with E-state index in [1.54, 1.807) is 13.8 Å². The van der Waals surface area contributed by atoms with Gasteiger partial charge in [-0.15, -0.1) is 0 Å². The zero-order valence-electron chi connectivity index (χ0n) is 9.19. The Balaban J connectivity index is 2.17. The van der Waals surface area contributed by atoms with Crippen molar-refractivity contribution in [3.63, 3.8) is 0 Å². The van der Waals surface area contributed by atoms with Gasteiger partial charge in [0.05, 0.1) is 12.1 Å². The molecule has 1 saturated carbocycles. The Bertz CT molecular complexity index is 283. The van der Waals surface area contributed by atoms with Gasteiger partial charge in [-0.2, -0.15) is 0 Å². The van der Waals surface area contributed by atoms with Gasteiger partial charge in [0.25, 0.3) is 0 Å². The summed E-state index contributed by atoms with van der Waals surface area (Å²) in [5.41, 5.74) is -0.998. The van der Waals surface area contributed by atoms with Gasteiger partial charge in [0, 0.05) is 11.8 Å². The fourth-order valence-corrected chi connectivity index (χ4v) is 2.52. The van der Waals surface area contributed by atoms with Gasteiger partial charge < -0.3 is 5.11 Å². The molecule has 1 aliphatic heterocycles. The summed E-state index contributed by atoms with van der Waals surface area (Å²) in [6.07, 6.45) is 2.38. The highest BCUT2D eigenvalue weighted by Crippen LogP contribution is 2.38. The number of β-amino-alcohol motifs (C(OH)–C–C–N with tert-alkyl or cyclic N) is 1. The summed E-state index contributed by atoms with van der Waals surface area (Å²) in [6, 6.07) is 0. The van der Waals surface area contributed by atoms with Gasteiger partial charge in [0.15, 0.2) is 0 Å². The van der Waals surface area contributed by atoms with Gasteiger partial charge in [-0.3, -0.25) is 14.5 Å². The van der Waals surface area contributed by atoms with Gasteiger partial charge in [0.1, 0.15) is 0 Å². The van der Waals surface area contributed by atoms with Crippen molar-refractivity contribution >= 4 is 11.8 Å². The van der Waals surface area contributed by atoms with Crippen molar-refractivity contribution in [1.29, 1.82) is 0 Å². The quantitative estimate of drug-likeness (QED) is 0.678. The molecular formula is C11H17NO3. The standard InChI is InChI=1S/C11H17NO3/c1-11(2,15)6-12-9(13)7-3-4-8(5-7)10(12)14/h7-8,15H,3-6H2,1-2H3. The molecule has 4 nitrogen and oxygen atoms in total. The van der Waals surface area contributed by atoms with E-state index in [2.05, 4.69) is 0 Å². The van der Waals surface area contributed by atoms with E-state index in [0.717, 1.165) is 19.3 Å². The smallest absolute Gasteiger partial charge is 0.232 e. The van der Waals surface area contributed by atoms with Crippen LogP contribution in [0.5, 0.6) is 0 Å². The summed E-state index contributed by atoms with van der Waals surface area (Å²) in [7, 11) is 0. The molecule has 2 atom stereocenters. The largest absolute Gasteiger partial charge is 0.389 e. The van der Waals surface area contributed by atoms with Crippen LogP contribution in [0.3, 0.4) is 0 Å². The molecule has 4 heteroatoms. The Morgan fingerprint density at radius 3 is 2.13 bits per heavy atom. The lowest BCUT2D eigenvalue weighted by molar-refractivity contribution is -0.156. The fourth-order valence-electron chi connectivity index (χ4n) is 2.52. The molecule has 0 aromatic carbocycles. The van der Waals surface area contributed by atoms with E-state index in [1.165, 1.54) is 4.90 Å². The van der Waals surface area contributed by atoms with Crippen LogP contribution in [-0.2, 0) is 9.59 Å². The van der Waals surface area contributed by atoms with Crippen molar-refractivity contribution in [2.24, 2.45) is 11.8 Å². The fraction of sp³-hybridized carbons (Fsp3) is 0.818. The van der Waals surface area contributed by atoms with Crippen LogP contribution in [0.2, 0.25) is 0 Å². The molecule has 2 rings (SSSR count). The molecule has 0 spiro atoms. The lowest BCUT2D eigenvalue weighted by atomic mass is 9.95. The van der Waals surface area contributed by atoms with E-state index in [4.69, 9.17) is 0 Å². The number of imide groups is 1. The third-order valence-corrected chi connectivity index (χ3v) is 3.21. The maximum atomic E-state index is 11.9. The minimum Gasteiger partial charge on any atom is -0.389 e. The Morgan fingerprint density at radius 1 is 1.27 bits per heavy atom. The molecule has 0 radical (unpaired) electrons. The SMILES string of the molecule is CC(C)(O)CN1C(=O)C2CCC(C2)C1=O. The van der Waals surface area contributed by atoms with Gasteiger partial charge in [-0.25, -0.2) is 0 Å². The van der Waals surface area contributed by atoms with Crippen molar-refractivity contribution in [1.82, 2.24) is 4.90 Å². The van der Waals surface area contributed by atoms with E-state index >= 15 is 0 Å². The Kier molecular flexibility index (Phi) is 2.34. The first-order valence-electron chi connectivity index (χ1n) is 5.46. The number of carbonyl (C=O) groups is 2. The molecule has 2 unspecified atom stereocenters. The number of carbonyl (C=O) groups excluding carboxylic acids is 2. The van der Waals surface area contributed by atoms with Crippen LogP contribution in [0.25, 0.3) is 0 Å². The molecule has 0 aromatic rings. The zero-order valence-corrected chi connectivity index (χ0v) is 9.19. The van der Waals surface area contributed by atoms with E-state index in [1.807, 2.05) is 0 Å². The zero-order chi connectivity index (χ0) is 11.2. The molecule has 2 fully saturated rings. The summed E-state index contributed by atoms with van der Waals surface area (Å²) in [4.78, 5) is 25.0. The minimum absolute atomic E-state index is 0.0232. The van der Waals surface area contributed by atoms with Crippen molar-refractivity contribution in [3.8, 4) is 0 Å². The number of piperidine rings is 1. The molecule has 1 heterocycles. The number of rotatable bonds is 2. The lowest BCUT2D eigenvalue weighted by Gasteiger charge is -2.33. The number of hydrogen-bond donors (Lipinski definition) is 1. The van der Waals surface area contributed by atoms with Crippen molar-refractivity contribution in [2.45, 2.75) is 38.7 Å². The minimum atomic E-state index is -0.998. The number of amides is 2.